The standard InChI is InChI=1S/C18H18F3N3O4/c1-3-6-12(17(27)28)22-16(26)15-14(25)9-10(2)24(23-15)13-8-5-4-7-11(13)18(19,20)21/h4-5,7-9,12H,3,6H2,1-2H3,(H,22,26)(H,27,28). The molecule has 2 N–H and O–H groups in total. The third kappa shape index (κ3) is 4.56. The molecule has 10 heteroatoms. The summed E-state index contributed by atoms with van der Waals surface area (Å²) in [5.41, 5.74) is -2.78. The van der Waals surface area contributed by atoms with Crippen molar-refractivity contribution in [1.29, 1.82) is 0 Å². The second kappa shape index (κ2) is 8.24. The molecule has 2 aromatic rings. The van der Waals surface area contributed by atoms with Crippen LogP contribution in [-0.4, -0.2) is 32.8 Å². The first kappa shape index (κ1) is 21.1. The van der Waals surface area contributed by atoms with E-state index in [0.717, 1.165) is 22.9 Å². The average molecular weight is 397 g/mol. The molecule has 7 nitrogen and oxygen atoms in total. The molecule has 0 spiro atoms. The Morgan fingerprint density at radius 1 is 1.29 bits per heavy atom. The van der Waals surface area contributed by atoms with Crippen molar-refractivity contribution in [3.8, 4) is 5.69 Å². The van der Waals surface area contributed by atoms with Crippen LogP contribution in [0.1, 0.15) is 41.5 Å². The summed E-state index contributed by atoms with van der Waals surface area (Å²) in [5, 5.41) is 15.1. The van der Waals surface area contributed by atoms with Gasteiger partial charge in [-0.1, -0.05) is 25.5 Å². The number of rotatable bonds is 6. The number of hydrogen-bond acceptors (Lipinski definition) is 4. The number of carbonyl (C=O) groups is 2. The summed E-state index contributed by atoms with van der Waals surface area (Å²) < 4.78 is 40.7. The number of aryl methyl sites for hydroxylation is 1. The molecular formula is C18H18F3N3O4. The number of benzene rings is 1. The quantitative estimate of drug-likeness (QED) is 0.780. The van der Waals surface area contributed by atoms with Crippen molar-refractivity contribution in [1.82, 2.24) is 15.1 Å². The van der Waals surface area contributed by atoms with Crippen molar-refractivity contribution in [2.75, 3.05) is 0 Å². The van der Waals surface area contributed by atoms with Crippen LogP contribution < -0.4 is 10.7 Å². The number of alkyl halides is 3. The minimum Gasteiger partial charge on any atom is -0.480 e. The summed E-state index contributed by atoms with van der Waals surface area (Å²) in [6.07, 6.45) is -4.09. The fourth-order valence-electron chi connectivity index (χ4n) is 2.62. The maximum absolute atomic E-state index is 13.3. The van der Waals surface area contributed by atoms with Crippen LogP contribution in [0, 0.1) is 6.92 Å². The van der Waals surface area contributed by atoms with Gasteiger partial charge >= 0.3 is 12.1 Å². The summed E-state index contributed by atoms with van der Waals surface area (Å²) in [5.74, 6) is -2.35. The highest BCUT2D eigenvalue weighted by Gasteiger charge is 2.34. The van der Waals surface area contributed by atoms with E-state index in [9.17, 15) is 27.6 Å². The minimum atomic E-state index is -4.67. The molecule has 150 valence electrons. The molecule has 1 atom stereocenters. The van der Waals surface area contributed by atoms with Gasteiger partial charge in [0, 0.05) is 11.8 Å². The highest BCUT2D eigenvalue weighted by atomic mass is 19.4. The zero-order valence-electron chi connectivity index (χ0n) is 15.1. The Bertz CT molecular complexity index is 954. The van der Waals surface area contributed by atoms with Gasteiger partial charge in [0.25, 0.3) is 5.91 Å². The van der Waals surface area contributed by atoms with Crippen molar-refractivity contribution in [3.05, 3.63) is 57.5 Å². The molecule has 0 saturated carbocycles. The van der Waals surface area contributed by atoms with Gasteiger partial charge in [-0.15, -0.1) is 0 Å². The number of aromatic nitrogens is 2. The lowest BCUT2D eigenvalue weighted by Crippen LogP contribution is -2.43. The summed E-state index contributed by atoms with van der Waals surface area (Å²) in [6, 6.07) is 4.33. The smallest absolute Gasteiger partial charge is 0.418 e. The number of aliphatic carboxylic acids is 1. The molecule has 28 heavy (non-hydrogen) atoms. The number of nitrogens with one attached hydrogen (secondary N) is 1. The van der Waals surface area contributed by atoms with Gasteiger partial charge in [0.2, 0.25) is 5.43 Å². The van der Waals surface area contributed by atoms with Gasteiger partial charge in [-0.2, -0.15) is 18.3 Å². The Morgan fingerprint density at radius 2 is 1.93 bits per heavy atom. The van der Waals surface area contributed by atoms with Crippen LogP contribution in [-0.2, 0) is 11.0 Å². The Hall–Kier alpha value is -3.17. The summed E-state index contributed by atoms with van der Waals surface area (Å²) >= 11 is 0. The molecule has 1 unspecified atom stereocenters. The predicted octanol–water partition coefficient (Wildman–Crippen LogP) is 2.54. The third-order valence-corrected chi connectivity index (χ3v) is 3.94. The summed E-state index contributed by atoms with van der Waals surface area (Å²) in [6.45, 7) is 3.09. The lowest BCUT2D eigenvalue weighted by molar-refractivity contribution is -0.139. The number of nitrogens with zero attached hydrogens (tertiary/aromatic N) is 2. The van der Waals surface area contributed by atoms with E-state index in [1.165, 1.54) is 19.1 Å². The second-order valence-electron chi connectivity index (χ2n) is 6.08. The SMILES string of the molecule is CCCC(NC(=O)c1nn(-c2ccccc2C(F)(F)F)c(C)cc1=O)C(=O)O. The van der Waals surface area contributed by atoms with Crippen LogP contribution in [0.15, 0.2) is 35.1 Å². The molecule has 1 amide bonds. The van der Waals surface area contributed by atoms with E-state index in [0.29, 0.717) is 6.42 Å². The Balaban J connectivity index is 2.54. The number of halogens is 3. The first-order valence-corrected chi connectivity index (χ1v) is 8.37. The normalized spacial score (nSPS) is 12.5. The van der Waals surface area contributed by atoms with Crippen LogP contribution in [0.2, 0.25) is 0 Å². The Morgan fingerprint density at radius 3 is 2.50 bits per heavy atom. The monoisotopic (exact) mass is 397 g/mol. The van der Waals surface area contributed by atoms with Crippen LogP contribution in [0.4, 0.5) is 13.2 Å². The van der Waals surface area contributed by atoms with E-state index in [1.807, 2.05) is 0 Å². The second-order valence-corrected chi connectivity index (χ2v) is 6.08. The number of para-hydroxylation sites is 1. The van der Waals surface area contributed by atoms with Gasteiger partial charge in [-0.25, -0.2) is 9.48 Å². The van der Waals surface area contributed by atoms with Crippen molar-refractivity contribution in [2.24, 2.45) is 0 Å². The largest absolute Gasteiger partial charge is 0.480 e. The molecular weight excluding hydrogens is 379 g/mol. The third-order valence-electron chi connectivity index (χ3n) is 3.94. The highest BCUT2D eigenvalue weighted by molar-refractivity contribution is 5.94. The minimum absolute atomic E-state index is 0.0848. The lowest BCUT2D eigenvalue weighted by Gasteiger charge is -2.17. The molecule has 2 rings (SSSR count). The molecule has 0 bridgehead atoms. The van der Waals surface area contributed by atoms with Gasteiger partial charge in [0.15, 0.2) is 5.69 Å². The molecule has 0 aliphatic carbocycles. The van der Waals surface area contributed by atoms with E-state index >= 15 is 0 Å². The van der Waals surface area contributed by atoms with E-state index in [4.69, 9.17) is 5.11 Å². The number of amides is 1. The highest BCUT2D eigenvalue weighted by Crippen LogP contribution is 2.33. The van der Waals surface area contributed by atoms with Crippen molar-refractivity contribution < 1.29 is 27.9 Å². The van der Waals surface area contributed by atoms with E-state index in [-0.39, 0.29) is 17.8 Å². The maximum atomic E-state index is 13.3. The topological polar surface area (TPSA) is 101 Å². The molecule has 0 fully saturated rings. The molecule has 0 radical (unpaired) electrons. The van der Waals surface area contributed by atoms with E-state index < -0.39 is 40.8 Å². The van der Waals surface area contributed by atoms with Crippen molar-refractivity contribution in [2.45, 2.75) is 38.9 Å². The fraction of sp³-hybridized carbons (Fsp3) is 0.333. The first-order chi connectivity index (χ1) is 13.1. The van der Waals surface area contributed by atoms with Gasteiger partial charge in [-0.05, 0) is 25.5 Å². The zero-order chi connectivity index (χ0) is 21.1. The van der Waals surface area contributed by atoms with Crippen LogP contribution in [0.5, 0.6) is 0 Å². The summed E-state index contributed by atoms with van der Waals surface area (Å²) in [4.78, 5) is 35.7. The van der Waals surface area contributed by atoms with E-state index in [1.54, 1.807) is 6.92 Å². The number of hydrogen-bond donors (Lipinski definition) is 2. The predicted molar refractivity (Wildman–Crippen MR) is 93.4 cm³/mol. The molecule has 1 heterocycles. The van der Waals surface area contributed by atoms with Gasteiger partial charge < -0.3 is 10.4 Å². The molecule has 0 saturated heterocycles. The summed E-state index contributed by atoms with van der Waals surface area (Å²) in [7, 11) is 0. The lowest BCUT2D eigenvalue weighted by atomic mass is 10.1. The Labute approximate surface area is 157 Å². The van der Waals surface area contributed by atoms with Crippen LogP contribution in [0.25, 0.3) is 5.69 Å². The van der Waals surface area contributed by atoms with Crippen LogP contribution >= 0.6 is 0 Å². The Kier molecular flexibility index (Phi) is 6.22. The molecule has 1 aromatic carbocycles. The number of carboxylic acids is 1. The molecule has 0 aliphatic rings. The number of carboxylic acid groups (broad SMARTS) is 1. The van der Waals surface area contributed by atoms with Crippen LogP contribution in [0.3, 0.4) is 0 Å². The van der Waals surface area contributed by atoms with Gasteiger partial charge in [0.1, 0.15) is 6.04 Å². The first-order valence-electron chi connectivity index (χ1n) is 8.37. The zero-order valence-corrected chi connectivity index (χ0v) is 15.1. The fourth-order valence-corrected chi connectivity index (χ4v) is 2.62. The van der Waals surface area contributed by atoms with Crippen molar-refractivity contribution in [3.63, 3.8) is 0 Å². The molecule has 1 aromatic heterocycles. The maximum Gasteiger partial charge on any atom is 0.418 e. The van der Waals surface area contributed by atoms with Gasteiger partial charge in [-0.3, -0.25) is 9.59 Å². The van der Waals surface area contributed by atoms with E-state index in [2.05, 4.69) is 10.4 Å². The van der Waals surface area contributed by atoms with Crippen molar-refractivity contribution >= 4 is 11.9 Å². The van der Waals surface area contributed by atoms with Gasteiger partial charge in [0.05, 0.1) is 11.3 Å². The number of carbonyl (C=O) groups excluding carboxylic acids is 1. The average Bonchev–Trinajstić information content (AvgIpc) is 2.60. The molecule has 0 aliphatic heterocycles.